The van der Waals surface area contributed by atoms with Gasteiger partial charge in [-0.3, -0.25) is 9.00 Å². The van der Waals surface area contributed by atoms with Crippen molar-refractivity contribution in [3.63, 3.8) is 0 Å². The summed E-state index contributed by atoms with van der Waals surface area (Å²) in [4.78, 5) is 13.2. The average molecular weight is 471 g/mol. The van der Waals surface area contributed by atoms with Crippen molar-refractivity contribution in [3.8, 4) is 5.69 Å². The van der Waals surface area contributed by atoms with E-state index in [0.717, 1.165) is 29.8 Å². The molecule has 1 unspecified atom stereocenters. The lowest BCUT2D eigenvalue weighted by Gasteiger charge is -2.15. The normalized spacial score (nSPS) is 18.6. The van der Waals surface area contributed by atoms with E-state index in [1.807, 2.05) is 30.3 Å². The van der Waals surface area contributed by atoms with Gasteiger partial charge in [0.05, 0.1) is 27.8 Å². The number of fused-ring (bicyclic) bond motifs is 1. The van der Waals surface area contributed by atoms with E-state index in [-0.39, 0.29) is 10.8 Å². The smallest absolute Gasteiger partial charge is 0.256 e. The summed E-state index contributed by atoms with van der Waals surface area (Å²) in [6.45, 7) is 1.06. The molecule has 1 aromatic heterocycles. The van der Waals surface area contributed by atoms with Gasteiger partial charge in [0.25, 0.3) is 5.91 Å². The van der Waals surface area contributed by atoms with Gasteiger partial charge in [-0.2, -0.15) is 9.40 Å². The average Bonchev–Trinajstić information content (AvgIpc) is 3.53. The van der Waals surface area contributed by atoms with Crippen molar-refractivity contribution in [2.75, 3.05) is 18.4 Å². The number of rotatable bonds is 5. The Kier molecular flexibility index (Phi) is 5.44. The van der Waals surface area contributed by atoms with Crippen LogP contribution in [0, 0.1) is 0 Å². The minimum absolute atomic E-state index is 0.182. The lowest BCUT2D eigenvalue weighted by molar-refractivity contribution is 0.102. The zero-order chi connectivity index (χ0) is 22.3. The Morgan fingerprint density at radius 3 is 2.34 bits per heavy atom. The molecule has 2 aliphatic heterocycles. The lowest BCUT2D eigenvalue weighted by atomic mass is 10.2. The second-order valence-corrected chi connectivity index (χ2v) is 11.2. The molecular formula is C22H22N4O4S2. The maximum atomic E-state index is 13.0. The number of para-hydroxylation sites is 1. The van der Waals surface area contributed by atoms with Crippen LogP contribution >= 0.6 is 0 Å². The van der Waals surface area contributed by atoms with Crippen LogP contribution in [0.4, 0.5) is 5.82 Å². The Morgan fingerprint density at radius 2 is 1.66 bits per heavy atom. The molecule has 10 heteroatoms. The fourth-order valence-electron chi connectivity index (χ4n) is 4.05. The monoisotopic (exact) mass is 470 g/mol. The van der Waals surface area contributed by atoms with Crippen LogP contribution in [-0.4, -0.2) is 45.7 Å². The van der Waals surface area contributed by atoms with Gasteiger partial charge in [0.2, 0.25) is 10.0 Å². The summed E-state index contributed by atoms with van der Waals surface area (Å²) in [5.41, 5.74) is 2.61. The molecule has 2 aromatic carbocycles. The van der Waals surface area contributed by atoms with E-state index < -0.39 is 20.8 Å². The van der Waals surface area contributed by atoms with Crippen molar-refractivity contribution in [2.24, 2.45) is 0 Å². The van der Waals surface area contributed by atoms with E-state index in [0.29, 0.717) is 36.0 Å². The predicted octanol–water partition coefficient (Wildman–Crippen LogP) is 2.67. The summed E-state index contributed by atoms with van der Waals surface area (Å²) < 4.78 is 40.6. The van der Waals surface area contributed by atoms with Crippen LogP contribution in [0.1, 0.15) is 34.5 Å². The predicted molar refractivity (Wildman–Crippen MR) is 122 cm³/mol. The number of nitrogens with one attached hydrogen (secondary N) is 1. The SMILES string of the molecule is O=C(Nc1c2c(nn1-c1ccccc1)CS(=O)C2)c1ccc(S(=O)(=O)N2CCCC2)cc1. The summed E-state index contributed by atoms with van der Waals surface area (Å²) >= 11 is 0. The Balaban J connectivity index is 1.43. The number of carbonyl (C=O) groups is 1. The van der Waals surface area contributed by atoms with E-state index in [2.05, 4.69) is 10.4 Å². The lowest BCUT2D eigenvalue weighted by Crippen LogP contribution is -2.27. The molecule has 0 spiro atoms. The van der Waals surface area contributed by atoms with Gasteiger partial charge in [0.1, 0.15) is 5.82 Å². The Hall–Kier alpha value is -2.82. The number of amides is 1. The molecule has 1 N–H and O–H groups in total. The van der Waals surface area contributed by atoms with Gasteiger partial charge < -0.3 is 5.32 Å². The molecule has 2 aliphatic rings. The van der Waals surface area contributed by atoms with Gasteiger partial charge in [-0.1, -0.05) is 18.2 Å². The summed E-state index contributed by atoms with van der Waals surface area (Å²) in [5.74, 6) is 0.815. The van der Waals surface area contributed by atoms with Gasteiger partial charge in [-0.15, -0.1) is 0 Å². The summed E-state index contributed by atoms with van der Waals surface area (Å²) in [6.07, 6.45) is 1.73. The van der Waals surface area contributed by atoms with Crippen molar-refractivity contribution >= 4 is 32.5 Å². The Labute approximate surface area is 188 Å². The highest BCUT2D eigenvalue weighted by molar-refractivity contribution is 7.89. The second-order valence-electron chi connectivity index (χ2n) is 7.84. The third-order valence-corrected chi connectivity index (χ3v) is 8.84. The molecule has 0 bridgehead atoms. The van der Waals surface area contributed by atoms with Gasteiger partial charge in [0.15, 0.2) is 0 Å². The van der Waals surface area contributed by atoms with Gasteiger partial charge in [-0.05, 0) is 49.2 Å². The second kappa shape index (κ2) is 8.27. The third kappa shape index (κ3) is 3.78. The number of carbonyl (C=O) groups excluding carboxylic acids is 1. The van der Waals surface area contributed by atoms with Crippen molar-refractivity contribution in [3.05, 3.63) is 71.4 Å². The Bertz CT molecular complexity index is 1300. The molecule has 166 valence electrons. The van der Waals surface area contributed by atoms with E-state index in [4.69, 9.17) is 0 Å². The van der Waals surface area contributed by atoms with Gasteiger partial charge in [-0.25, -0.2) is 13.1 Å². The van der Waals surface area contributed by atoms with E-state index in [1.165, 1.54) is 28.6 Å². The fourth-order valence-corrected chi connectivity index (χ4v) is 6.83. The maximum Gasteiger partial charge on any atom is 0.256 e. The van der Waals surface area contributed by atoms with Crippen LogP contribution in [0.3, 0.4) is 0 Å². The van der Waals surface area contributed by atoms with Crippen LogP contribution in [-0.2, 0) is 32.3 Å². The highest BCUT2D eigenvalue weighted by Crippen LogP contribution is 2.31. The molecule has 0 aliphatic carbocycles. The highest BCUT2D eigenvalue weighted by atomic mass is 32.2. The minimum atomic E-state index is -3.53. The first-order chi connectivity index (χ1) is 15.4. The van der Waals surface area contributed by atoms with Crippen LogP contribution in [0.25, 0.3) is 5.69 Å². The van der Waals surface area contributed by atoms with Crippen LogP contribution in [0.2, 0.25) is 0 Å². The molecule has 1 saturated heterocycles. The first kappa shape index (κ1) is 21.0. The van der Waals surface area contributed by atoms with Crippen molar-refractivity contribution in [1.82, 2.24) is 14.1 Å². The molecule has 3 aromatic rings. The molecule has 3 heterocycles. The zero-order valence-corrected chi connectivity index (χ0v) is 18.9. The highest BCUT2D eigenvalue weighted by Gasteiger charge is 2.29. The number of benzene rings is 2. The number of anilines is 1. The number of sulfonamides is 1. The molecule has 32 heavy (non-hydrogen) atoms. The largest absolute Gasteiger partial charge is 0.306 e. The van der Waals surface area contributed by atoms with Crippen LogP contribution in [0.15, 0.2) is 59.5 Å². The summed E-state index contributed by atoms with van der Waals surface area (Å²) in [5, 5.41) is 7.48. The number of hydrogen-bond acceptors (Lipinski definition) is 5. The number of aromatic nitrogens is 2. The first-order valence-corrected chi connectivity index (χ1v) is 13.3. The minimum Gasteiger partial charge on any atom is -0.306 e. The van der Waals surface area contributed by atoms with Crippen LogP contribution in [0.5, 0.6) is 0 Å². The van der Waals surface area contributed by atoms with E-state index >= 15 is 0 Å². The Morgan fingerprint density at radius 1 is 0.969 bits per heavy atom. The molecular weight excluding hydrogens is 448 g/mol. The zero-order valence-electron chi connectivity index (χ0n) is 17.2. The standard InChI is InChI=1S/C22H22N4O4S2/c27-22(16-8-10-18(11-9-16)32(29,30)25-12-4-5-13-25)23-21-19-14-31(28)15-20(19)24-26(21)17-6-2-1-3-7-17/h1-3,6-11H,4-5,12-15H2,(H,23,27). The molecule has 0 saturated carbocycles. The van der Waals surface area contributed by atoms with Gasteiger partial charge in [0, 0.05) is 35.0 Å². The molecule has 5 rings (SSSR count). The summed E-state index contributed by atoms with van der Waals surface area (Å²) in [6, 6.07) is 15.4. The third-order valence-electron chi connectivity index (χ3n) is 5.72. The first-order valence-electron chi connectivity index (χ1n) is 10.4. The summed E-state index contributed by atoms with van der Waals surface area (Å²) in [7, 11) is -4.57. The number of hydrogen-bond donors (Lipinski definition) is 1. The number of nitrogens with zero attached hydrogens (tertiary/aromatic N) is 3. The van der Waals surface area contributed by atoms with E-state index in [1.54, 1.807) is 4.68 Å². The van der Waals surface area contributed by atoms with E-state index in [9.17, 15) is 17.4 Å². The topological polar surface area (TPSA) is 101 Å². The molecule has 8 nitrogen and oxygen atoms in total. The fraction of sp³-hybridized carbons (Fsp3) is 0.273. The van der Waals surface area contributed by atoms with Crippen molar-refractivity contribution in [1.29, 1.82) is 0 Å². The van der Waals surface area contributed by atoms with Crippen molar-refractivity contribution in [2.45, 2.75) is 29.2 Å². The van der Waals surface area contributed by atoms with Crippen molar-refractivity contribution < 1.29 is 17.4 Å². The molecule has 1 amide bonds. The molecule has 1 fully saturated rings. The maximum absolute atomic E-state index is 13.0. The quantitative estimate of drug-likeness (QED) is 0.618. The van der Waals surface area contributed by atoms with Crippen LogP contribution < -0.4 is 5.32 Å². The molecule has 1 atom stereocenters. The molecule has 0 radical (unpaired) electrons. The van der Waals surface area contributed by atoms with Gasteiger partial charge >= 0.3 is 0 Å².